The summed E-state index contributed by atoms with van der Waals surface area (Å²) in [7, 11) is 3.80. The van der Waals surface area contributed by atoms with Crippen molar-refractivity contribution in [3.05, 3.63) is 46.5 Å². The number of anilines is 2. The molecule has 2 aromatic carbocycles. The van der Waals surface area contributed by atoms with Crippen molar-refractivity contribution in [3.63, 3.8) is 0 Å². The molecule has 1 aliphatic heterocycles. The molecule has 0 amide bonds. The first kappa shape index (κ1) is 25.0. The number of fused-ring (bicyclic) bond motifs is 2. The molecular weight excluding hydrogens is 502 g/mol. The van der Waals surface area contributed by atoms with E-state index in [1.807, 2.05) is 6.07 Å². The van der Waals surface area contributed by atoms with Gasteiger partial charge in [-0.25, -0.2) is 14.4 Å². The second-order valence-electron chi connectivity index (χ2n) is 8.98. The van der Waals surface area contributed by atoms with Gasteiger partial charge in [0.05, 0.1) is 35.0 Å². The second-order valence-corrected chi connectivity index (χ2v) is 9.77. The highest BCUT2D eigenvalue weighted by Crippen LogP contribution is 2.42. The molecule has 1 saturated carbocycles. The molecule has 0 spiro atoms. The number of aromatic nitrogens is 2. The Hall–Kier alpha value is -2.06. The highest BCUT2D eigenvalue weighted by atomic mass is 35.5. The summed E-state index contributed by atoms with van der Waals surface area (Å²) >= 11 is 11.8. The average Bonchev–Trinajstić information content (AvgIpc) is 3.34. The number of ether oxygens (including phenoxy) is 2. The summed E-state index contributed by atoms with van der Waals surface area (Å²) in [4.78, 5) is 11.1. The Bertz CT molecular complexity index is 1180. The summed E-state index contributed by atoms with van der Waals surface area (Å²) in [5.41, 5.74) is 0.829. The summed E-state index contributed by atoms with van der Waals surface area (Å²) in [6.07, 6.45) is 3.83. The van der Waals surface area contributed by atoms with Crippen molar-refractivity contribution >= 4 is 58.0 Å². The van der Waals surface area contributed by atoms with E-state index >= 15 is 0 Å². The normalized spacial score (nSPS) is 21.9. The maximum Gasteiger partial charge on any atom is 0.166 e. The summed E-state index contributed by atoms with van der Waals surface area (Å²) in [6.45, 7) is 3.03. The molecular formula is C24H26Cl3FN4O2. The van der Waals surface area contributed by atoms with Crippen LogP contribution in [0.15, 0.2) is 30.6 Å². The van der Waals surface area contributed by atoms with Gasteiger partial charge in [0, 0.05) is 24.5 Å². The molecule has 1 N–H and O–H groups in total. The molecule has 6 nitrogen and oxygen atoms in total. The van der Waals surface area contributed by atoms with Crippen molar-refractivity contribution in [2.24, 2.45) is 17.8 Å². The minimum atomic E-state index is -0.643. The molecule has 0 unspecified atom stereocenters. The monoisotopic (exact) mass is 526 g/mol. The largest absolute Gasteiger partial charge is 0.493 e. The van der Waals surface area contributed by atoms with Crippen molar-refractivity contribution in [1.82, 2.24) is 14.9 Å². The quantitative estimate of drug-likeness (QED) is 0.384. The Kier molecular flexibility index (Phi) is 7.57. The van der Waals surface area contributed by atoms with E-state index in [1.54, 1.807) is 13.2 Å². The molecule has 3 atom stereocenters. The Labute approximate surface area is 214 Å². The van der Waals surface area contributed by atoms with Crippen LogP contribution < -0.4 is 14.8 Å². The van der Waals surface area contributed by atoms with Gasteiger partial charge in [-0.2, -0.15) is 0 Å². The lowest BCUT2D eigenvalue weighted by atomic mass is 10.0. The van der Waals surface area contributed by atoms with Gasteiger partial charge in [-0.15, -0.1) is 12.4 Å². The third-order valence-corrected chi connectivity index (χ3v) is 7.50. The van der Waals surface area contributed by atoms with Crippen LogP contribution in [-0.4, -0.2) is 48.7 Å². The van der Waals surface area contributed by atoms with E-state index in [2.05, 4.69) is 27.2 Å². The molecule has 182 valence electrons. The number of hydrogen-bond acceptors (Lipinski definition) is 6. The third-order valence-electron chi connectivity index (χ3n) is 6.71. The molecule has 2 fully saturated rings. The summed E-state index contributed by atoms with van der Waals surface area (Å²) < 4.78 is 26.3. The van der Waals surface area contributed by atoms with E-state index in [-0.39, 0.29) is 28.1 Å². The van der Waals surface area contributed by atoms with Crippen LogP contribution in [0.5, 0.6) is 11.5 Å². The van der Waals surface area contributed by atoms with Gasteiger partial charge in [0.25, 0.3) is 0 Å². The SMILES string of the molecule is COc1cc2c(Nc3ccc(Cl)c(Cl)c3F)ncnc2cc1OC[C@H]1C[C@@H]2CN(C)C[C@@H]2C1.Cl. The first-order valence-electron chi connectivity index (χ1n) is 11.0. The van der Waals surface area contributed by atoms with E-state index in [0.29, 0.717) is 40.7 Å². The molecule has 2 aliphatic rings. The lowest BCUT2D eigenvalue weighted by Gasteiger charge is -2.17. The Morgan fingerprint density at radius 2 is 1.85 bits per heavy atom. The van der Waals surface area contributed by atoms with Crippen LogP contribution in [0.2, 0.25) is 10.0 Å². The van der Waals surface area contributed by atoms with Crippen LogP contribution in [0.25, 0.3) is 10.9 Å². The Morgan fingerprint density at radius 1 is 1.12 bits per heavy atom. The smallest absolute Gasteiger partial charge is 0.166 e. The van der Waals surface area contributed by atoms with E-state index in [9.17, 15) is 4.39 Å². The first-order valence-corrected chi connectivity index (χ1v) is 11.7. The van der Waals surface area contributed by atoms with Gasteiger partial charge >= 0.3 is 0 Å². The van der Waals surface area contributed by atoms with Gasteiger partial charge in [0.2, 0.25) is 0 Å². The molecule has 5 rings (SSSR count). The van der Waals surface area contributed by atoms with E-state index < -0.39 is 5.82 Å². The van der Waals surface area contributed by atoms with E-state index in [1.165, 1.54) is 44.4 Å². The predicted octanol–water partition coefficient (Wildman–Crippen LogP) is 6.22. The number of halogens is 4. The van der Waals surface area contributed by atoms with Crippen LogP contribution in [0, 0.1) is 23.6 Å². The van der Waals surface area contributed by atoms with Crippen LogP contribution in [0.3, 0.4) is 0 Å². The fourth-order valence-electron chi connectivity index (χ4n) is 5.19. The molecule has 3 aromatic rings. The van der Waals surface area contributed by atoms with Gasteiger partial charge in [0.1, 0.15) is 12.1 Å². The molecule has 1 aromatic heterocycles. The van der Waals surface area contributed by atoms with Crippen molar-refractivity contribution in [2.45, 2.75) is 12.8 Å². The van der Waals surface area contributed by atoms with Gasteiger partial charge in [-0.1, -0.05) is 23.2 Å². The number of rotatable bonds is 6. The third kappa shape index (κ3) is 4.85. The lowest BCUT2D eigenvalue weighted by Crippen LogP contribution is -2.18. The molecule has 1 saturated heterocycles. The van der Waals surface area contributed by atoms with E-state index in [0.717, 1.165) is 11.8 Å². The van der Waals surface area contributed by atoms with Crippen LogP contribution in [0.1, 0.15) is 12.8 Å². The number of hydrogen-bond donors (Lipinski definition) is 1. The zero-order valence-electron chi connectivity index (χ0n) is 18.9. The standard InChI is InChI=1S/C24H25Cl2FN4O2.ClH/c1-31-9-14-5-13(6-15(14)10-31)11-33-21-8-19-16(7-20(21)32-2)24(29-12-28-19)30-18-4-3-17(25)22(26)23(18)27;/h3-4,7-8,12-15H,5-6,9-11H2,1-2H3,(H,28,29,30);1H/t13-,14+,15-;. The van der Waals surface area contributed by atoms with Gasteiger partial charge in [0.15, 0.2) is 17.3 Å². The highest BCUT2D eigenvalue weighted by molar-refractivity contribution is 6.42. The van der Waals surface area contributed by atoms with Crippen molar-refractivity contribution in [2.75, 3.05) is 39.2 Å². The Morgan fingerprint density at radius 3 is 2.56 bits per heavy atom. The fraction of sp³-hybridized carbons (Fsp3) is 0.417. The molecule has 10 heteroatoms. The summed E-state index contributed by atoms with van der Waals surface area (Å²) in [5.74, 6) is 3.12. The number of likely N-dealkylation sites (tertiary alicyclic amines) is 1. The molecule has 2 heterocycles. The molecule has 0 bridgehead atoms. The van der Waals surface area contributed by atoms with E-state index in [4.69, 9.17) is 32.7 Å². The average molecular weight is 528 g/mol. The zero-order valence-corrected chi connectivity index (χ0v) is 21.2. The maximum absolute atomic E-state index is 14.5. The van der Waals surface area contributed by atoms with Gasteiger partial charge < -0.3 is 19.7 Å². The fourth-order valence-corrected chi connectivity index (χ4v) is 5.50. The highest BCUT2D eigenvalue weighted by Gasteiger charge is 2.39. The summed E-state index contributed by atoms with van der Waals surface area (Å²) in [5, 5.41) is 3.66. The number of methoxy groups -OCH3 is 1. The number of nitrogens with one attached hydrogen (secondary N) is 1. The second kappa shape index (κ2) is 10.3. The van der Waals surface area contributed by atoms with Crippen LogP contribution in [-0.2, 0) is 0 Å². The van der Waals surface area contributed by atoms with Crippen molar-refractivity contribution < 1.29 is 13.9 Å². The Balaban J connectivity index is 0.00000274. The van der Waals surface area contributed by atoms with Crippen LogP contribution >= 0.6 is 35.6 Å². The minimum Gasteiger partial charge on any atom is -0.493 e. The maximum atomic E-state index is 14.5. The van der Waals surface area contributed by atoms with Crippen LogP contribution in [0.4, 0.5) is 15.9 Å². The minimum absolute atomic E-state index is 0. The lowest BCUT2D eigenvalue weighted by molar-refractivity contribution is 0.227. The number of benzene rings is 2. The molecule has 1 aliphatic carbocycles. The van der Waals surface area contributed by atoms with Gasteiger partial charge in [-0.05, 0) is 55.8 Å². The summed E-state index contributed by atoms with van der Waals surface area (Å²) in [6, 6.07) is 6.69. The van der Waals surface area contributed by atoms with Gasteiger partial charge in [-0.3, -0.25) is 0 Å². The molecule has 0 radical (unpaired) electrons. The van der Waals surface area contributed by atoms with Crippen molar-refractivity contribution in [3.8, 4) is 11.5 Å². The predicted molar refractivity (Wildman–Crippen MR) is 136 cm³/mol. The zero-order chi connectivity index (χ0) is 23.1. The number of nitrogens with zero attached hydrogens (tertiary/aromatic N) is 3. The molecule has 34 heavy (non-hydrogen) atoms. The first-order chi connectivity index (χ1) is 15.9. The van der Waals surface area contributed by atoms with Crippen molar-refractivity contribution in [1.29, 1.82) is 0 Å². The topological polar surface area (TPSA) is 59.5 Å².